The zero-order valence-corrected chi connectivity index (χ0v) is 11.9. The second-order valence-corrected chi connectivity index (χ2v) is 5.75. The van der Waals surface area contributed by atoms with Gasteiger partial charge in [-0.3, -0.25) is 4.79 Å². The Morgan fingerprint density at radius 2 is 2.50 bits per heavy atom. The van der Waals surface area contributed by atoms with Gasteiger partial charge in [0.05, 0.1) is 5.01 Å². The van der Waals surface area contributed by atoms with Crippen molar-refractivity contribution in [1.29, 1.82) is 0 Å². The summed E-state index contributed by atoms with van der Waals surface area (Å²) in [5, 5.41) is 6.31. The Hall–Kier alpha value is -0.940. The van der Waals surface area contributed by atoms with Gasteiger partial charge in [0.1, 0.15) is 0 Å². The van der Waals surface area contributed by atoms with Gasteiger partial charge in [-0.1, -0.05) is 0 Å². The SMILES string of the molecule is CNCCC(=O)N1CCCC(c2nc(C)cs2)C1. The molecule has 1 saturated heterocycles. The molecule has 1 unspecified atom stereocenters. The molecule has 100 valence electrons. The van der Waals surface area contributed by atoms with Crippen molar-refractivity contribution in [1.82, 2.24) is 15.2 Å². The van der Waals surface area contributed by atoms with Crippen molar-refractivity contribution in [2.45, 2.75) is 32.1 Å². The Labute approximate surface area is 112 Å². The number of aromatic nitrogens is 1. The Morgan fingerprint density at radius 3 is 3.17 bits per heavy atom. The van der Waals surface area contributed by atoms with Gasteiger partial charge in [-0.2, -0.15) is 0 Å². The molecule has 2 heterocycles. The predicted octanol–water partition coefficient (Wildman–Crippen LogP) is 1.77. The maximum atomic E-state index is 12.0. The Kier molecular flexibility index (Phi) is 4.72. The summed E-state index contributed by atoms with van der Waals surface area (Å²) in [6, 6.07) is 0. The molecule has 0 bridgehead atoms. The zero-order chi connectivity index (χ0) is 13.0. The fourth-order valence-electron chi connectivity index (χ4n) is 2.35. The lowest BCUT2D eigenvalue weighted by atomic mass is 9.98. The van der Waals surface area contributed by atoms with Crippen LogP contribution < -0.4 is 5.32 Å². The van der Waals surface area contributed by atoms with E-state index in [0.29, 0.717) is 12.3 Å². The lowest BCUT2D eigenvalue weighted by Gasteiger charge is -2.32. The summed E-state index contributed by atoms with van der Waals surface area (Å²) in [5.41, 5.74) is 1.09. The average molecular weight is 267 g/mol. The number of hydrogen-bond acceptors (Lipinski definition) is 4. The summed E-state index contributed by atoms with van der Waals surface area (Å²) < 4.78 is 0. The minimum atomic E-state index is 0.266. The number of hydrogen-bond donors (Lipinski definition) is 1. The van der Waals surface area contributed by atoms with E-state index in [1.165, 1.54) is 5.01 Å². The number of thiazole rings is 1. The van der Waals surface area contributed by atoms with E-state index in [0.717, 1.165) is 38.2 Å². The average Bonchev–Trinajstić information content (AvgIpc) is 2.83. The first kappa shape index (κ1) is 13.5. The van der Waals surface area contributed by atoms with Crippen molar-refractivity contribution in [3.05, 3.63) is 16.1 Å². The monoisotopic (exact) mass is 267 g/mol. The van der Waals surface area contributed by atoms with Crippen LogP contribution in [0, 0.1) is 6.92 Å². The van der Waals surface area contributed by atoms with Crippen LogP contribution in [0.25, 0.3) is 0 Å². The number of likely N-dealkylation sites (tertiary alicyclic amines) is 1. The highest BCUT2D eigenvalue weighted by atomic mass is 32.1. The minimum Gasteiger partial charge on any atom is -0.342 e. The molecule has 4 nitrogen and oxygen atoms in total. The summed E-state index contributed by atoms with van der Waals surface area (Å²) in [6.07, 6.45) is 2.84. The standard InChI is InChI=1S/C13H21N3OS/c1-10-9-18-13(15-10)11-4-3-7-16(8-11)12(17)5-6-14-2/h9,11,14H,3-8H2,1-2H3. The lowest BCUT2D eigenvalue weighted by molar-refractivity contribution is -0.132. The molecule has 18 heavy (non-hydrogen) atoms. The quantitative estimate of drug-likeness (QED) is 0.904. The third-order valence-electron chi connectivity index (χ3n) is 3.35. The van der Waals surface area contributed by atoms with Crippen molar-refractivity contribution in [3.63, 3.8) is 0 Å². The Bertz CT molecular complexity index is 405. The first-order valence-corrected chi connectivity index (χ1v) is 7.43. The molecule has 2 rings (SSSR count). The van der Waals surface area contributed by atoms with Gasteiger partial charge in [-0.05, 0) is 26.8 Å². The number of piperidine rings is 1. The van der Waals surface area contributed by atoms with Gasteiger partial charge in [0, 0.05) is 43.0 Å². The summed E-state index contributed by atoms with van der Waals surface area (Å²) in [4.78, 5) is 18.6. The molecule has 0 aliphatic carbocycles. The topological polar surface area (TPSA) is 45.2 Å². The smallest absolute Gasteiger partial charge is 0.223 e. The number of aryl methyl sites for hydroxylation is 1. The number of rotatable bonds is 4. The van der Waals surface area contributed by atoms with E-state index in [9.17, 15) is 4.79 Å². The summed E-state index contributed by atoms with van der Waals surface area (Å²) in [6.45, 7) is 4.54. The van der Waals surface area contributed by atoms with Crippen LogP contribution >= 0.6 is 11.3 Å². The second kappa shape index (κ2) is 6.29. The second-order valence-electron chi connectivity index (χ2n) is 4.86. The number of nitrogens with zero attached hydrogens (tertiary/aromatic N) is 2. The molecule has 1 aromatic rings. The van der Waals surface area contributed by atoms with Gasteiger partial charge in [0.15, 0.2) is 0 Å². The normalized spacial score (nSPS) is 20.1. The van der Waals surface area contributed by atoms with Gasteiger partial charge in [-0.15, -0.1) is 11.3 Å². The Morgan fingerprint density at radius 1 is 1.67 bits per heavy atom. The maximum absolute atomic E-state index is 12.0. The van der Waals surface area contributed by atoms with Gasteiger partial charge < -0.3 is 10.2 Å². The van der Waals surface area contributed by atoms with E-state index >= 15 is 0 Å². The molecule has 1 fully saturated rings. The fourth-order valence-corrected chi connectivity index (χ4v) is 3.28. The summed E-state index contributed by atoms with van der Waals surface area (Å²) in [7, 11) is 1.88. The van der Waals surface area contributed by atoms with Crippen LogP contribution in [0.4, 0.5) is 0 Å². The van der Waals surface area contributed by atoms with Crippen LogP contribution in [-0.2, 0) is 4.79 Å². The van der Waals surface area contributed by atoms with Crippen molar-refractivity contribution in [2.75, 3.05) is 26.7 Å². The van der Waals surface area contributed by atoms with Crippen molar-refractivity contribution >= 4 is 17.2 Å². The molecule has 0 aromatic carbocycles. The van der Waals surface area contributed by atoms with E-state index in [1.54, 1.807) is 11.3 Å². The summed E-state index contributed by atoms with van der Waals surface area (Å²) >= 11 is 1.73. The molecular formula is C13H21N3OS. The van der Waals surface area contributed by atoms with Crippen LogP contribution in [-0.4, -0.2) is 42.5 Å². The van der Waals surface area contributed by atoms with E-state index in [1.807, 2.05) is 18.9 Å². The zero-order valence-electron chi connectivity index (χ0n) is 11.1. The van der Waals surface area contributed by atoms with Crippen LogP contribution in [0.5, 0.6) is 0 Å². The highest BCUT2D eigenvalue weighted by Crippen LogP contribution is 2.29. The third-order valence-corrected chi connectivity index (χ3v) is 4.47. The lowest BCUT2D eigenvalue weighted by Crippen LogP contribution is -2.40. The Balaban J connectivity index is 1.94. The molecule has 1 aromatic heterocycles. The van der Waals surface area contributed by atoms with E-state index in [4.69, 9.17) is 0 Å². The van der Waals surface area contributed by atoms with Crippen LogP contribution in [0.2, 0.25) is 0 Å². The van der Waals surface area contributed by atoms with Crippen LogP contribution in [0.15, 0.2) is 5.38 Å². The molecule has 1 aliphatic heterocycles. The van der Waals surface area contributed by atoms with Gasteiger partial charge in [-0.25, -0.2) is 4.98 Å². The predicted molar refractivity (Wildman–Crippen MR) is 73.9 cm³/mol. The highest BCUT2D eigenvalue weighted by molar-refractivity contribution is 7.09. The first-order chi connectivity index (χ1) is 8.70. The molecule has 1 amide bonds. The molecule has 1 atom stereocenters. The molecule has 1 N–H and O–H groups in total. The van der Waals surface area contributed by atoms with Gasteiger partial charge >= 0.3 is 0 Å². The molecule has 0 spiro atoms. The maximum Gasteiger partial charge on any atom is 0.223 e. The minimum absolute atomic E-state index is 0.266. The van der Waals surface area contributed by atoms with Crippen LogP contribution in [0.1, 0.15) is 35.9 Å². The molecule has 1 aliphatic rings. The molecule has 0 radical (unpaired) electrons. The number of carbonyl (C=O) groups is 1. The van der Waals surface area contributed by atoms with Gasteiger partial charge in [0.25, 0.3) is 0 Å². The number of nitrogens with one attached hydrogen (secondary N) is 1. The van der Waals surface area contributed by atoms with E-state index in [2.05, 4.69) is 15.7 Å². The van der Waals surface area contributed by atoms with Crippen molar-refractivity contribution in [3.8, 4) is 0 Å². The largest absolute Gasteiger partial charge is 0.342 e. The number of carbonyl (C=O) groups excluding carboxylic acids is 1. The fraction of sp³-hybridized carbons (Fsp3) is 0.692. The molecule has 5 heteroatoms. The highest BCUT2D eigenvalue weighted by Gasteiger charge is 2.25. The van der Waals surface area contributed by atoms with E-state index < -0.39 is 0 Å². The molecular weight excluding hydrogens is 246 g/mol. The molecule has 0 saturated carbocycles. The van der Waals surface area contributed by atoms with Crippen molar-refractivity contribution < 1.29 is 4.79 Å². The van der Waals surface area contributed by atoms with E-state index in [-0.39, 0.29) is 5.91 Å². The van der Waals surface area contributed by atoms with Crippen molar-refractivity contribution in [2.24, 2.45) is 0 Å². The third kappa shape index (κ3) is 3.29. The van der Waals surface area contributed by atoms with Crippen LogP contribution in [0.3, 0.4) is 0 Å². The number of amides is 1. The summed E-state index contributed by atoms with van der Waals surface area (Å²) in [5.74, 6) is 0.707. The van der Waals surface area contributed by atoms with Gasteiger partial charge in [0.2, 0.25) is 5.91 Å². The first-order valence-electron chi connectivity index (χ1n) is 6.55.